The number of esters is 1. The van der Waals surface area contributed by atoms with Gasteiger partial charge >= 0.3 is 5.97 Å². The highest BCUT2D eigenvalue weighted by molar-refractivity contribution is 5.76. The minimum absolute atomic E-state index is 0.0113. The zero-order chi connectivity index (χ0) is 50.7. The average Bonchev–Trinajstić information content (AvgIpc) is 3.36. The van der Waals surface area contributed by atoms with Crippen LogP contribution in [-0.2, 0) is 14.3 Å². The first-order valence-corrected chi connectivity index (χ1v) is 31.6. The molecule has 0 aromatic heterocycles. The second-order valence-corrected chi connectivity index (χ2v) is 21.7. The van der Waals surface area contributed by atoms with E-state index >= 15 is 0 Å². The molecule has 0 aliphatic rings. The van der Waals surface area contributed by atoms with Crippen LogP contribution in [0.4, 0.5) is 0 Å². The second-order valence-electron chi connectivity index (χ2n) is 21.7. The molecule has 3 N–H and O–H groups in total. The van der Waals surface area contributed by atoms with E-state index in [4.69, 9.17) is 4.74 Å². The van der Waals surface area contributed by atoms with Crippen molar-refractivity contribution in [3.8, 4) is 0 Å². The van der Waals surface area contributed by atoms with Crippen LogP contribution >= 0.6 is 0 Å². The quantitative estimate of drug-likeness (QED) is 0.0321. The van der Waals surface area contributed by atoms with Crippen LogP contribution in [0.3, 0.4) is 0 Å². The van der Waals surface area contributed by atoms with Gasteiger partial charge in [-0.25, -0.2) is 0 Å². The van der Waals surface area contributed by atoms with Gasteiger partial charge in [-0.05, 0) is 57.8 Å². The van der Waals surface area contributed by atoms with Gasteiger partial charge in [0.2, 0.25) is 5.91 Å². The summed E-state index contributed by atoms with van der Waals surface area (Å²) in [4.78, 5) is 24.5. The molecule has 0 fully saturated rings. The minimum Gasteiger partial charge on any atom is -0.466 e. The van der Waals surface area contributed by atoms with Crippen molar-refractivity contribution in [1.29, 1.82) is 0 Å². The number of ether oxygens (including phenoxy) is 1. The van der Waals surface area contributed by atoms with Crippen molar-refractivity contribution in [2.75, 3.05) is 13.2 Å². The summed E-state index contributed by atoms with van der Waals surface area (Å²) in [6, 6.07) is -0.626. The van der Waals surface area contributed by atoms with Crippen LogP contribution in [0.25, 0.3) is 0 Å². The van der Waals surface area contributed by atoms with Gasteiger partial charge in [0.05, 0.1) is 25.4 Å². The molecule has 0 rings (SSSR count). The summed E-state index contributed by atoms with van der Waals surface area (Å²) >= 11 is 0. The fraction of sp³-hybridized carbons (Fsp3) is 0.906. The topological polar surface area (TPSA) is 95.9 Å². The Morgan fingerprint density at radius 3 is 1.01 bits per heavy atom. The number of hydrogen-bond donors (Lipinski definition) is 3. The number of carbonyl (C=O) groups is 2. The Morgan fingerprint density at radius 2 is 0.671 bits per heavy atom. The highest BCUT2D eigenvalue weighted by Crippen LogP contribution is 2.18. The minimum atomic E-state index is -0.843. The van der Waals surface area contributed by atoms with Crippen molar-refractivity contribution in [2.45, 2.75) is 360 Å². The van der Waals surface area contributed by atoms with Gasteiger partial charge in [-0.1, -0.05) is 301 Å². The maximum absolute atomic E-state index is 12.4. The largest absolute Gasteiger partial charge is 0.466 e. The van der Waals surface area contributed by atoms with Crippen molar-refractivity contribution in [1.82, 2.24) is 5.32 Å². The molecule has 0 aliphatic carbocycles. The molecule has 0 saturated heterocycles. The first-order chi connectivity index (χ1) is 34.5. The Balaban J connectivity index is 3.36. The number of carbonyl (C=O) groups excluding carboxylic acids is 2. The van der Waals surface area contributed by atoms with Gasteiger partial charge < -0.3 is 20.3 Å². The van der Waals surface area contributed by atoms with E-state index in [1.54, 1.807) is 6.08 Å². The van der Waals surface area contributed by atoms with Gasteiger partial charge in [-0.3, -0.25) is 9.59 Å². The zero-order valence-electron chi connectivity index (χ0n) is 47.3. The molecule has 0 saturated carbocycles. The number of aliphatic hydroxyl groups excluding tert-OH is 2. The molecule has 0 bridgehead atoms. The maximum atomic E-state index is 12.4. The van der Waals surface area contributed by atoms with Gasteiger partial charge in [-0.15, -0.1) is 0 Å². The number of hydrogen-bond acceptors (Lipinski definition) is 5. The first-order valence-electron chi connectivity index (χ1n) is 31.6. The Kier molecular flexibility index (Phi) is 58.5. The van der Waals surface area contributed by atoms with E-state index in [1.165, 1.54) is 276 Å². The van der Waals surface area contributed by atoms with E-state index in [0.717, 1.165) is 44.9 Å². The summed E-state index contributed by atoms with van der Waals surface area (Å²) in [6.45, 7) is 4.91. The molecule has 70 heavy (non-hydrogen) atoms. The number of amides is 1. The molecule has 6 nitrogen and oxygen atoms in total. The molecular weight excluding hydrogens is 863 g/mol. The SMILES string of the molecule is CCCCCCCCC/C=C\CCCCCCCCCC(=O)OCCCCCCCCCCCCCCCCCCCCCCCCCC(=O)NC(CO)C(O)/C=C/CCCCCCCCCCCC. The second kappa shape index (κ2) is 59.9. The highest BCUT2D eigenvalue weighted by atomic mass is 16.5. The monoisotopic (exact) mass is 986 g/mol. The van der Waals surface area contributed by atoms with E-state index in [9.17, 15) is 19.8 Å². The summed E-state index contributed by atoms with van der Waals surface area (Å²) in [5, 5.41) is 23.1. The van der Waals surface area contributed by atoms with Crippen LogP contribution in [0.1, 0.15) is 348 Å². The van der Waals surface area contributed by atoms with Gasteiger partial charge in [0.25, 0.3) is 0 Å². The van der Waals surface area contributed by atoms with E-state index in [-0.39, 0.29) is 18.5 Å². The number of unbranched alkanes of at least 4 members (excludes halogenated alkanes) is 46. The third-order valence-electron chi connectivity index (χ3n) is 14.7. The van der Waals surface area contributed by atoms with Gasteiger partial charge in [0, 0.05) is 12.8 Å². The zero-order valence-corrected chi connectivity index (χ0v) is 47.3. The molecule has 2 atom stereocenters. The lowest BCUT2D eigenvalue weighted by Gasteiger charge is -2.20. The predicted octanol–water partition coefficient (Wildman–Crippen LogP) is 19.8. The van der Waals surface area contributed by atoms with Crippen molar-refractivity contribution >= 4 is 11.9 Å². The fourth-order valence-corrected chi connectivity index (χ4v) is 9.87. The molecular formula is C64H123NO5. The van der Waals surface area contributed by atoms with Crippen LogP contribution in [0.5, 0.6) is 0 Å². The number of nitrogens with one attached hydrogen (secondary N) is 1. The van der Waals surface area contributed by atoms with Crippen molar-refractivity contribution < 1.29 is 24.5 Å². The summed E-state index contributed by atoms with van der Waals surface area (Å²) in [6.07, 6.45) is 73.7. The third-order valence-corrected chi connectivity index (χ3v) is 14.7. The molecule has 0 aromatic carbocycles. The molecule has 0 radical (unpaired) electrons. The summed E-state index contributed by atoms with van der Waals surface area (Å²) in [7, 11) is 0. The van der Waals surface area contributed by atoms with Crippen molar-refractivity contribution in [3.63, 3.8) is 0 Å². The summed E-state index contributed by atoms with van der Waals surface area (Å²) in [5.41, 5.74) is 0. The fourth-order valence-electron chi connectivity index (χ4n) is 9.87. The normalized spacial score (nSPS) is 12.7. The van der Waals surface area contributed by atoms with E-state index < -0.39 is 12.1 Å². The lowest BCUT2D eigenvalue weighted by Crippen LogP contribution is -2.45. The Hall–Kier alpha value is -1.66. The van der Waals surface area contributed by atoms with Crippen LogP contribution in [-0.4, -0.2) is 47.4 Å². The molecule has 414 valence electrons. The summed E-state index contributed by atoms with van der Waals surface area (Å²) in [5.74, 6) is -0.0558. The van der Waals surface area contributed by atoms with Gasteiger partial charge in [-0.2, -0.15) is 0 Å². The Labute approximate surface area is 437 Å². The molecule has 2 unspecified atom stereocenters. The van der Waals surface area contributed by atoms with Crippen molar-refractivity contribution in [2.24, 2.45) is 0 Å². The molecule has 0 aliphatic heterocycles. The third kappa shape index (κ3) is 55.7. The van der Waals surface area contributed by atoms with E-state index in [1.807, 2.05) is 6.08 Å². The Morgan fingerprint density at radius 1 is 0.386 bits per heavy atom. The standard InChI is InChI=1S/C64H123NO5/c1-3-5-7-9-11-13-15-17-18-19-28-31-34-38-42-46-50-54-58-64(69)70-59-55-51-47-43-39-35-32-29-26-24-22-20-21-23-25-27-30-33-37-41-45-49-53-57-63(68)65-61(60-66)62(67)56-52-48-44-40-36-16-14-12-10-8-6-4-2/h18-19,52,56,61-62,66-67H,3-17,20-51,53-55,57-60H2,1-2H3,(H,65,68)/b19-18-,56-52+. The first kappa shape index (κ1) is 68.3. The lowest BCUT2D eigenvalue weighted by molar-refractivity contribution is -0.143. The molecule has 0 spiro atoms. The predicted molar refractivity (Wildman–Crippen MR) is 306 cm³/mol. The van der Waals surface area contributed by atoms with Crippen molar-refractivity contribution in [3.05, 3.63) is 24.3 Å². The number of rotatable bonds is 59. The molecule has 0 aromatic rings. The average molecular weight is 987 g/mol. The smallest absolute Gasteiger partial charge is 0.305 e. The van der Waals surface area contributed by atoms with Crippen LogP contribution in [0, 0.1) is 0 Å². The number of aliphatic hydroxyl groups is 2. The van der Waals surface area contributed by atoms with E-state index in [2.05, 4.69) is 31.3 Å². The number of allylic oxidation sites excluding steroid dienone is 3. The van der Waals surface area contributed by atoms with Crippen LogP contribution in [0.15, 0.2) is 24.3 Å². The van der Waals surface area contributed by atoms with Gasteiger partial charge in [0.15, 0.2) is 0 Å². The Bertz CT molecular complexity index is 1090. The van der Waals surface area contributed by atoms with Crippen LogP contribution in [0.2, 0.25) is 0 Å². The summed E-state index contributed by atoms with van der Waals surface area (Å²) < 4.78 is 5.50. The molecule has 6 heteroatoms. The highest BCUT2D eigenvalue weighted by Gasteiger charge is 2.18. The van der Waals surface area contributed by atoms with Crippen LogP contribution < -0.4 is 5.32 Å². The molecule has 0 heterocycles. The lowest BCUT2D eigenvalue weighted by atomic mass is 10.0. The molecule has 1 amide bonds. The van der Waals surface area contributed by atoms with Gasteiger partial charge in [0.1, 0.15) is 0 Å². The van der Waals surface area contributed by atoms with E-state index in [0.29, 0.717) is 19.4 Å². The maximum Gasteiger partial charge on any atom is 0.305 e.